The van der Waals surface area contributed by atoms with Crippen LogP contribution in [0.25, 0.3) is 6.15 Å². The average molecular weight is 2240 g/mol. The maximum absolute atomic E-state index is 12.2. The van der Waals surface area contributed by atoms with Crippen LogP contribution in [0, 0.1) is 136 Å². The molecule has 2 unspecified atom stereocenters. The molecule has 5 saturated heterocycles. The zero-order chi connectivity index (χ0) is 107. The summed E-state index contributed by atoms with van der Waals surface area (Å²) in [4.78, 5) is 152. The zero-order valence-electron chi connectivity index (χ0n) is 81.7. The average Bonchev–Trinajstić information content (AvgIpc) is 1.61. The number of Topliss-reactive ketones (excluding diaryl/α,β-unsaturated/α-hetero) is 2. The number of aliphatic hydroxyl groups excluding tert-OH is 2. The first kappa shape index (κ1) is 152. The van der Waals surface area contributed by atoms with Gasteiger partial charge >= 0.3 is 73.8 Å². The first-order valence-corrected chi connectivity index (χ1v) is 45.4. The SMILES string of the molecule is C.C.C.C1CCOC1.C1CCOC1.CCOC(=O)C1(C)CC=C(B2OC(C)(C)C(C)(C)O2)CC1.CCOC(=O)C1(C)CC=C(OS(=O)(=O)C(F)(F)F)CC1.CCOC(=O)C1(C)CCC(=O)CC1.CCOC(=O)C1(C)CCC2(CC1)OCCO2.CCOC(=O)C1CCC(=O)CC1.CCOC(=O)C1CCC2(CC1)OCCO2.NO[N+](=O)[O-].NO[N+](=O)[O-].NO[N+](=O)[O-].O=[N+]([O-])O.O=[N+]([O-])O.O=[N+]([O-])O.OCCO.[Ce].[NH2-]. The van der Waals surface area contributed by atoms with Gasteiger partial charge in [-0.3, -0.25) is 38.4 Å². The van der Waals surface area contributed by atoms with Crippen molar-refractivity contribution >= 4 is 64.6 Å². The van der Waals surface area contributed by atoms with Crippen molar-refractivity contribution < 1.29 is 243 Å². The number of nitrogens with two attached hydrogens (primary N) is 4. The molecule has 55 nitrogen and oxygen atoms in total. The fourth-order valence-corrected chi connectivity index (χ4v) is 13.8. The second kappa shape index (κ2) is 80.4. The van der Waals surface area contributed by atoms with Gasteiger partial charge in [0.1, 0.15) is 17.3 Å². The van der Waals surface area contributed by atoms with Crippen molar-refractivity contribution in [1.82, 2.24) is 0 Å². The van der Waals surface area contributed by atoms with Gasteiger partial charge in [-0.1, -0.05) is 28.4 Å². The van der Waals surface area contributed by atoms with Crippen LogP contribution >= 0.6 is 0 Å². The minimum absolute atomic E-state index is 0. The Morgan fingerprint density at radius 2 is 0.699 bits per heavy atom. The Bertz CT molecular complexity index is 3680. The number of carbonyl (C=O) groups is 8. The molecule has 11 rings (SSSR count). The first-order chi connectivity index (χ1) is 64.2. The van der Waals surface area contributed by atoms with Crippen LogP contribution in [-0.4, -0.2) is 253 Å². The van der Waals surface area contributed by atoms with Gasteiger partial charge in [0, 0.05) is 126 Å². The molecular formula is C82H155BCeF3N10O45S-. The topological polar surface area (TPSA) is 808 Å². The number of nitrogens with zero attached hydrogens (tertiary/aromatic N) is 6. The van der Waals surface area contributed by atoms with Crippen molar-refractivity contribution in [3.8, 4) is 0 Å². The van der Waals surface area contributed by atoms with Crippen LogP contribution < -0.4 is 17.7 Å². The molecule has 0 amide bonds. The number of esters is 6. The van der Waals surface area contributed by atoms with Gasteiger partial charge in [-0.2, -0.15) is 39.3 Å². The molecular weight excluding hydrogens is 2080 g/mol. The smallest absolute Gasteiger partial charge is 0.534 e. The van der Waals surface area contributed by atoms with Gasteiger partial charge in [-0.15, -0.1) is 60.7 Å². The summed E-state index contributed by atoms with van der Waals surface area (Å²) in [5, 5.41) is 79.4. The summed E-state index contributed by atoms with van der Waals surface area (Å²) in [5.74, 6) is 10.4. The van der Waals surface area contributed by atoms with E-state index in [9.17, 15) is 59.9 Å². The van der Waals surface area contributed by atoms with Crippen molar-refractivity contribution in [2.45, 2.75) is 314 Å². The second-order valence-electron chi connectivity index (χ2n) is 32.7. The molecule has 6 aliphatic carbocycles. The standard InChI is InChI=1S/C16H27BO4.C12H20O4.C11H15F3O5S.C11H18O4.C10H16O3.C9H14O3.2C4H8O.C2H6O2.3CH4.Ce.3H2N2O3.3HNO3.H2N/c1-7-19-13(18)16(6)10-8-12(9-11-16)17-20-14(2,3)15(4,5)21-17;1-3-14-10(13)11(2)4-6-12(7-5-11)15-8-9-16-12;1-3-18-9(15)10(2)6-4-8(5-7-10)19-20(16,17)11(12,13)14;1-2-13-10(12)9-3-5-11(6-4-9)14-7-8-15-11;1-3-13-9(12)10(2)6-4-8(11)5-7-10;1-2-12-9(11)7-3-5-8(10)6-4-7;2*1-2-4-5-3-1;3-1-2-4;;;;;3*1-5-2(3)4;3*2-1(3)4;/h8H,7,9-11H2,1-6H3;3-9H2,1-2H3;4H,3,5-7H2,1-2H3;9H,2-8H2,1H3;3-7H2,1-2H3;7H,2-6H2,1H3;2*1-4H2;3-4H,1-2H2;3*1H4;;3*1H2;3*(H,2,3,4);1H2/q;;;;;;;;;;;;;;;;;;;-1. The summed E-state index contributed by atoms with van der Waals surface area (Å²) in [5.41, 5.74) is -7.00. The quantitative estimate of drug-likeness (QED) is 0.0113. The third-order valence-corrected chi connectivity index (χ3v) is 22.8. The van der Waals surface area contributed by atoms with Crippen molar-refractivity contribution in [2.24, 2.45) is 51.2 Å². The number of aliphatic hydroxyl groups is 2. The Morgan fingerprint density at radius 3 is 0.951 bits per heavy atom. The number of rotatable bonds is 19. The van der Waals surface area contributed by atoms with E-state index in [1.165, 1.54) is 31.8 Å². The molecule has 11 aliphatic rings. The van der Waals surface area contributed by atoms with Crippen molar-refractivity contribution in [3.05, 3.63) is 90.2 Å². The zero-order valence-corrected chi connectivity index (χ0v) is 85.6. The summed E-state index contributed by atoms with van der Waals surface area (Å²) in [6.07, 6.45) is 22.0. The Kier molecular flexibility index (Phi) is 85.5. The molecule has 13 N–H and O–H groups in total. The van der Waals surface area contributed by atoms with Crippen molar-refractivity contribution in [1.29, 1.82) is 0 Å². The fraction of sp³-hybridized carbons (Fsp3) is 0.854. The molecule has 0 aromatic carbocycles. The monoisotopic (exact) mass is 2240 g/mol. The molecule has 0 aromatic heterocycles. The summed E-state index contributed by atoms with van der Waals surface area (Å²) in [6.45, 7) is 35.3. The molecule has 838 valence electrons. The Hall–Kier alpha value is -8.74. The molecule has 5 heterocycles. The van der Waals surface area contributed by atoms with E-state index in [1.54, 1.807) is 27.7 Å². The normalized spacial score (nSPS) is 20.6. The number of ketones is 2. The number of hydrogen-bond donors (Lipinski definition) is 8. The van der Waals surface area contributed by atoms with E-state index in [0.717, 1.165) is 96.1 Å². The number of ether oxygens (including phenoxy) is 12. The van der Waals surface area contributed by atoms with Crippen LogP contribution in [0.4, 0.5) is 13.2 Å². The molecule has 4 saturated carbocycles. The number of halogens is 3. The van der Waals surface area contributed by atoms with E-state index >= 15 is 0 Å². The van der Waals surface area contributed by atoms with Crippen LogP contribution in [0.2, 0.25) is 0 Å². The molecule has 0 bridgehead atoms. The minimum Gasteiger partial charge on any atom is -0.693 e. The van der Waals surface area contributed by atoms with Crippen molar-refractivity contribution in [3.63, 3.8) is 0 Å². The van der Waals surface area contributed by atoms with E-state index < -0.39 is 74.1 Å². The maximum Gasteiger partial charge on any atom is 0.534 e. The summed E-state index contributed by atoms with van der Waals surface area (Å²) in [6, 6.07) is 0. The predicted molar refractivity (Wildman–Crippen MR) is 491 cm³/mol. The summed E-state index contributed by atoms with van der Waals surface area (Å²) in [7, 11) is -5.94. The fourth-order valence-electron chi connectivity index (χ4n) is 13.2. The largest absolute Gasteiger partial charge is 0.693 e. The number of hydrogen-bond acceptors (Lipinski definition) is 45. The second-order valence-corrected chi connectivity index (χ2v) is 34.2. The van der Waals surface area contributed by atoms with Crippen LogP contribution in [0.15, 0.2) is 23.4 Å². The number of carbonyl (C=O) groups excluding carboxylic acids is 8. The molecule has 0 aromatic rings. The first-order valence-electron chi connectivity index (χ1n) is 44.0. The molecule has 5 aliphatic heterocycles. The van der Waals surface area contributed by atoms with Gasteiger partial charge in [0.2, 0.25) is 0 Å². The Balaban J connectivity index is -0.000000199. The van der Waals surface area contributed by atoms with Crippen LogP contribution in [0.1, 0.15) is 286 Å². The van der Waals surface area contributed by atoms with Gasteiger partial charge in [-0.05, 0) is 218 Å². The predicted octanol–water partition coefficient (Wildman–Crippen LogP) is 11.5. The van der Waals surface area contributed by atoms with Crippen molar-refractivity contribution in [2.75, 3.05) is 106 Å². The number of allylic oxidation sites excluding steroid dienone is 4. The third-order valence-electron chi connectivity index (χ3n) is 21.8. The summed E-state index contributed by atoms with van der Waals surface area (Å²) >= 11 is 0. The van der Waals surface area contributed by atoms with E-state index in [0.29, 0.717) is 117 Å². The van der Waals surface area contributed by atoms with E-state index in [2.05, 4.69) is 70.5 Å². The molecule has 143 heavy (non-hydrogen) atoms. The van der Waals surface area contributed by atoms with Crippen LogP contribution in [0.3, 0.4) is 0 Å². The van der Waals surface area contributed by atoms with Gasteiger partial charge in [0.05, 0.1) is 124 Å². The maximum atomic E-state index is 12.2. The van der Waals surface area contributed by atoms with Crippen LogP contribution in [-0.2, 0) is 134 Å². The van der Waals surface area contributed by atoms with Gasteiger partial charge < -0.3 is 102 Å². The summed E-state index contributed by atoms with van der Waals surface area (Å²) < 4.78 is 137. The van der Waals surface area contributed by atoms with Crippen LogP contribution in [0.5, 0.6) is 0 Å². The van der Waals surface area contributed by atoms with Gasteiger partial charge in [0.25, 0.3) is 15.3 Å². The van der Waals surface area contributed by atoms with E-state index in [-0.39, 0.29) is 198 Å². The molecule has 2 spiro atoms. The molecule has 0 radical (unpaired) electrons. The van der Waals surface area contributed by atoms with E-state index in [4.69, 9.17) is 153 Å². The third kappa shape index (κ3) is 66.9. The Morgan fingerprint density at radius 1 is 0.434 bits per heavy atom. The molecule has 9 fully saturated rings. The number of alkyl halides is 3. The van der Waals surface area contributed by atoms with Gasteiger partial charge in [0.15, 0.2) is 11.6 Å². The Labute approximate surface area is 864 Å². The molecule has 2 atom stereocenters. The van der Waals surface area contributed by atoms with Gasteiger partial charge in [-0.25, -0.2) is 14.8 Å². The minimum atomic E-state index is -5.65. The molecule has 61 heteroatoms. The van der Waals surface area contributed by atoms with E-state index in [1.807, 2.05) is 41.5 Å².